The van der Waals surface area contributed by atoms with Gasteiger partial charge in [0.1, 0.15) is 5.82 Å². The highest BCUT2D eigenvalue weighted by molar-refractivity contribution is 5.93. The van der Waals surface area contributed by atoms with Crippen LogP contribution in [0.1, 0.15) is 21.7 Å². The summed E-state index contributed by atoms with van der Waals surface area (Å²) in [5.41, 5.74) is 3.90. The Morgan fingerprint density at radius 2 is 1.67 bits per heavy atom. The molecule has 0 spiro atoms. The lowest BCUT2D eigenvalue weighted by Gasteiger charge is -2.10. The number of imidazole rings is 1. The molecule has 0 bridgehead atoms. The maximum absolute atomic E-state index is 12.3. The third-order valence-electron chi connectivity index (χ3n) is 4.55. The van der Waals surface area contributed by atoms with E-state index >= 15 is 0 Å². The van der Waals surface area contributed by atoms with Crippen molar-refractivity contribution < 1.29 is 4.79 Å². The summed E-state index contributed by atoms with van der Waals surface area (Å²) in [5.74, 6) is 0.730. The Kier molecular flexibility index (Phi) is 4.92. The molecule has 0 aliphatic rings. The summed E-state index contributed by atoms with van der Waals surface area (Å²) in [5, 5.41) is 2.96. The van der Waals surface area contributed by atoms with Crippen molar-refractivity contribution in [2.45, 2.75) is 19.5 Å². The number of rotatable bonds is 6. The van der Waals surface area contributed by atoms with Crippen LogP contribution >= 0.6 is 0 Å². The molecule has 4 aromatic rings. The second-order valence-electron chi connectivity index (χ2n) is 6.32. The number of carbonyl (C=O) groups excluding carboxylic acids is 1. The van der Waals surface area contributed by atoms with Crippen molar-refractivity contribution in [3.8, 4) is 0 Å². The van der Waals surface area contributed by atoms with Gasteiger partial charge in [0, 0.05) is 24.5 Å². The Balaban J connectivity index is 1.55. The molecule has 5 nitrogen and oxygen atoms in total. The van der Waals surface area contributed by atoms with Crippen molar-refractivity contribution in [1.82, 2.24) is 19.9 Å². The number of aryl methyl sites for hydroxylation is 2. The topological polar surface area (TPSA) is 59.8 Å². The van der Waals surface area contributed by atoms with E-state index < -0.39 is 0 Å². The van der Waals surface area contributed by atoms with Gasteiger partial charge in [0.2, 0.25) is 0 Å². The Morgan fingerprint density at radius 3 is 2.48 bits per heavy atom. The van der Waals surface area contributed by atoms with Crippen LogP contribution in [0, 0.1) is 0 Å². The molecule has 0 saturated heterocycles. The Labute approximate surface area is 157 Å². The summed E-state index contributed by atoms with van der Waals surface area (Å²) in [6.07, 6.45) is 4.14. The van der Waals surface area contributed by atoms with Gasteiger partial charge in [-0.3, -0.25) is 9.78 Å². The highest BCUT2D eigenvalue weighted by Gasteiger charge is 2.12. The van der Waals surface area contributed by atoms with E-state index in [2.05, 4.69) is 45.2 Å². The minimum absolute atomic E-state index is 0.126. The quantitative estimate of drug-likeness (QED) is 0.574. The van der Waals surface area contributed by atoms with Crippen molar-refractivity contribution in [2.24, 2.45) is 0 Å². The fourth-order valence-electron chi connectivity index (χ4n) is 3.16. The third kappa shape index (κ3) is 3.87. The number of hydrogen-bond acceptors (Lipinski definition) is 3. The van der Waals surface area contributed by atoms with Crippen LogP contribution < -0.4 is 5.32 Å². The van der Waals surface area contributed by atoms with Crippen LogP contribution in [-0.2, 0) is 19.5 Å². The number of aromatic nitrogens is 3. The van der Waals surface area contributed by atoms with Gasteiger partial charge in [-0.25, -0.2) is 4.98 Å². The maximum atomic E-state index is 12.3. The summed E-state index contributed by atoms with van der Waals surface area (Å²) in [6.45, 7) is 1.19. The SMILES string of the molecule is O=C(NCc1nc2ccccc2n1CCc1ccccc1)c1ccncc1. The average Bonchev–Trinajstić information content (AvgIpc) is 3.09. The smallest absolute Gasteiger partial charge is 0.251 e. The Hall–Kier alpha value is -3.47. The van der Waals surface area contributed by atoms with Crippen molar-refractivity contribution in [2.75, 3.05) is 0 Å². The first-order valence-electron chi connectivity index (χ1n) is 8.97. The van der Waals surface area contributed by atoms with Gasteiger partial charge < -0.3 is 9.88 Å². The molecule has 0 aliphatic heterocycles. The summed E-state index contributed by atoms with van der Waals surface area (Å²) in [7, 11) is 0. The van der Waals surface area contributed by atoms with Gasteiger partial charge in [0.25, 0.3) is 5.91 Å². The molecule has 27 heavy (non-hydrogen) atoms. The van der Waals surface area contributed by atoms with Crippen molar-refractivity contribution >= 4 is 16.9 Å². The fourth-order valence-corrected chi connectivity index (χ4v) is 3.16. The summed E-state index contributed by atoms with van der Waals surface area (Å²) < 4.78 is 2.19. The van der Waals surface area contributed by atoms with E-state index in [0.717, 1.165) is 29.8 Å². The second-order valence-corrected chi connectivity index (χ2v) is 6.32. The molecular formula is C22H20N4O. The summed E-state index contributed by atoms with van der Waals surface area (Å²) in [4.78, 5) is 21.0. The number of nitrogens with zero attached hydrogens (tertiary/aromatic N) is 3. The molecule has 0 atom stereocenters. The normalized spacial score (nSPS) is 10.8. The van der Waals surface area contributed by atoms with Gasteiger partial charge >= 0.3 is 0 Å². The molecule has 0 fully saturated rings. The van der Waals surface area contributed by atoms with Crippen LogP contribution in [0.2, 0.25) is 0 Å². The number of amides is 1. The molecule has 134 valence electrons. The van der Waals surface area contributed by atoms with Crippen LogP contribution in [-0.4, -0.2) is 20.4 Å². The molecular weight excluding hydrogens is 336 g/mol. The van der Waals surface area contributed by atoms with Crippen molar-refractivity contribution in [3.05, 3.63) is 96.1 Å². The second kappa shape index (κ2) is 7.83. The van der Waals surface area contributed by atoms with Gasteiger partial charge in [0.15, 0.2) is 0 Å². The van der Waals surface area contributed by atoms with Crippen molar-refractivity contribution in [1.29, 1.82) is 0 Å². The standard InChI is InChI=1S/C22H20N4O/c27-22(18-10-13-23-14-11-18)24-16-21-25-19-8-4-5-9-20(19)26(21)15-12-17-6-2-1-3-7-17/h1-11,13-14H,12,15-16H2,(H,24,27). The van der Waals surface area contributed by atoms with E-state index in [1.54, 1.807) is 24.5 Å². The molecule has 0 radical (unpaired) electrons. The molecule has 2 aromatic carbocycles. The highest BCUT2D eigenvalue weighted by atomic mass is 16.1. The number of hydrogen-bond donors (Lipinski definition) is 1. The summed E-state index contributed by atoms with van der Waals surface area (Å²) >= 11 is 0. The van der Waals surface area contributed by atoms with E-state index in [0.29, 0.717) is 12.1 Å². The molecule has 1 N–H and O–H groups in total. The first-order valence-corrected chi connectivity index (χ1v) is 8.97. The molecule has 4 rings (SSSR count). The van der Waals surface area contributed by atoms with Gasteiger partial charge in [-0.05, 0) is 36.2 Å². The number of benzene rings is 2. The lowest BCUT2D eigenvalue weighted by molar-refractivity contribution is 0.0949. The first kappa shape index (κ1) is 17.0. The zero-order valence-electron chi connectivity index (χ0n) is 14.9. The van der Waals surface area contributed by atoms with Crippen LogP contribution in [0.4, 0.5) is 0 Å². The summed E-state index contributed by atoms with van der Waals surface area (Å²) in [6, 6.07) is 21.9. The van der Waals surface area contributed by atoms with Crippen LogP contribution in [0.25, 0.3) is 11.0 Å². The minimum Gasteiger partial charge on any atom is -0.345 e. The highest BCUT2D eigenvalue weighted by Crippen LogP contribution is 2.17. The lowest BCUT2D eigenvalue weighted by Crippen LogP contribution is -2.25. The van der Waals surface area contributed by atoms with Crippen LogP contribution in [0.15, 0.2) is 79.1 Å². The zero-order valence-corrected chi connectivity index (χ0v) is 14.9. The first-order chi connectivity index (χ1) is 13.3. The minimum atomic E-state index is -0.126. The molecule has 2 aromatic heterocycles. The van der Waals surface area contributed by atoms with Gasteiger partial charge in [-0.15, -0.1) is 0 Å². The van der Waals surface area contributed by atoms with Gasteiger partial charge in [-0.1, -0.05) is 42.5 Å². The van der Waals surface area contributed by atoms with E-state index in [1.807, 2.05) is 24.3 Å². The predicted molar refractivity (Wildman–Crippen MR) is 105 cm³/mol. The van der Waals surface area contributed by atoms with E-state index in [9.17, 15) is 4.79 Å². The van der Waals surface area contributed by atoms with E-state index in [-0.39, 0.29) is 5.91 Å². The molecule has 1 amide bonds. The Morgan fingerprint density at radius 1 is 0.926 bits per heavy atom. The van der Waals surface area contributed by atoms with Crippen LogP contribution in [0.5, 0.6) is 0 Å². The van der Waals surface area contributed by atoms with Gasteiger partial charge in [0.05, 0.1) is 17.6 Å². The van der Waals surface area contributed by atoms with Gasteiger partial charge in [-0.2, -0.15) is 0 Å². The number of pyridine rings is 1. The maximum Gasteiger partial charge on any atom is 0.251 e. The Bertz CT molecular complexity index is 1040. The molecule has 0 unspecified atom stereocenters. The van der Waals surface area contributed by atoms with Crippen LogP contribution in [0.3, 0.4) is 0 Å². The number of nitrogens with one attached hydrogen (secondary N) is 1. The number of para-hydroxylation sites is 2. The molecule has 5 heteroatoms. The zero-order chi connectivity index (χ0) is 18.5. The predicted octanol–water partition coefficient (Wildman–Crippen LogP) is 3.60. The lowest BCUT2D eigenvalue weighted by atomic mass is 10.1. The largest absolute Gasteiger partial charge is 0.345 e. The monoisotopic (exact) mass is 356 g/mol. The third-order valence-corrected chi connectivity index (χ3v) is 4.55. The molecule has 0 saturated carbocycles. The molecule has 0 aliphatic carbocycles. The van der Waals surface area contributed by atoms with E-state index in [4.69, 9.17) is 4.98 Å². The average molecular weight is 356 g/mol. The van der Waals surface area contributed by atoms with Crippen molar-refractivity contribution in [3.63, 3.8) is 0 Å². The number of fused-ring (bicyclic) bond motifs is 1. The molecule has 2 heterocycles. The fraction of sp³-hybridized carbons (Fsp3) is 0.136. The van der Waals surface area contributed by atoms with E-state index in [1.165, 1.54) is 5.56 Å². The number of carbonyl (C=O) groups is 1.